The van der Waals surface area contributed by atoms with E-state index in [0.717, 1.165) is 25.8 Å². The lowest BCUT2D eigenvalue weighted by molar-refractivity contribution is -0.135. The number of nitrogens with one attached hydrogen (secondary N) is 1. The molecule has 0 aliphatic carbocycles. The average molecular weight is 212 g/mol. The van der Waals surface area contributed by atoms with E-state index < -0.39 is 0 Å². The smallest absolute Gasteiger partial charge is 0.239 e. The summed E-state index contributed by atoms with van der Waals surface area (Å²) in [5, 5.41) is 3.31. The Kier molecular flexibility index (Phi) is 5.09. The van der Waals surface area contributed by atoms with Crippen molar-refractivity contribution < 1.29 is 4.79 Å². The Labute approximate surface area is 93.2 Å². The highest BCUT2D eigenvalue weighted by atomic mass is 16.2. The largest absolute Gasteiger partial charge is 0.341 e. The van der Waals surface area contributed by atoms with Gasteiger partial charge >= 0.3 is 0 Å². The van der Waals surface area contributed by atoms with Crippen molar-refractivity contribution in [2.24, 2.45) is 0 Å². The van der Waals surface area contributed by atoms with Crippen molar-refractivity contribution in [3.63, 3.8) is 0 Å². The van der Waals surface area contributed by atoms with Crippen molar-refractivity contribution in [3.05, 3.63) is 0 Å². The molecule has 0 aromatic rings. The summed E-state index contributed by atoms with van der Waals surface area (Å²) in [6.07, 6.45) is 5.49. The molecule has 1 saturated heterocycles. The van der Waals surface area contributed by atoms with Gasteiger partial charge in [0.25, 0.3) is 0 Å². The van der Waals surface area contributed by atoms with Crippen LogP contribution >= 0.6 is 0 Å². The summed E-state index contributed by atoms with van der Waals surface area (Å²) in [5.41, 5.74) is 0. The molecule has 3 nitrogen and oxygen atoms in total. The fraction of sp³-hybridized carbons (Fsp3) is 0.917. The van der Waals surface area contributed by atoms with E-state index in [9.17, 15) is 4.79 Å². The van der Waals surface area contributed by atoms with Gasteiger partial charge in [0.05, 0.1) is 6.04 Å². The quantitative estimate of drug-likeness (QED) is 0.770. The Morgan fingerprint density at radius 1 is 1.40 bits per heavy atom. The average Bonchev–Trinajstić information content (AvgIpc) is 2.30. The van der Waals surface area contributed by atoms with Crippen molar-refractivity contribution in [1.29, 1.82) is 0 Å². The Balaban J connectivity index is 2.49. The van der Waals surface area contributed by atoms with Crippen LogP contribution in [0, 0.1) is 0 Å². The molecule has 0 bridgehead atoms. The van der Waals surface area contributed by atoms with Gasteiger partial charge in [-0.05, 0) is 32.2 Å². The molecule has 1 heterocycles. The molecule has 88 valence electrons. The fourth-order valence-electron chi connectivity index (χ4n) is 2.32. The Hall–Kier alpha value is -0.570. The molecule has 0 aromatic carbocycles. The minimum atomic E-state index is 0.0735. The van der Waals surface area contributed by atoms with Gasteiger partial charge in [0.15, 0.2) is 0 Å². The van der Waals surface area contributed by atoms with Crippen molar-refractivity contribution in [2.75, 3.05) is 13.6 Å². The van der Waals surface area contributed by atoms with Crippen LogP contribution in [0.25, 0.3) is 0 Å². The first-order chi connectivity index (χ1) is 7.20. The van der Waals surface area contributed by atoms with E-state index in [1.54, 1.807) is 0 Å². The van der Waals surface area contributed by atoms with Crippen molar-refractivity contribution in [2.45, 2.75) is 58.0 Å². The van der Waals surface area contributed by atoms with Gasteiger partial charge < -0.3 is 10.2 Å². The van der Waals surface area contributed by atoms with E-state index in [1.807, 2.05) is 11.9 Å². The highest BCUT2D eigenvalue weighted by Crippen LogP contribution is 2.13. The summed E-state index contributed by atoms with van der Waals surface area (Å²) >= 11 is 0. The Bertz CT molecular complexity index is 196. The van der Waals surface area contributed by atoms with E-state index in [2.05, 4.69) is 19.2 Å². The molecule has 0 radical (unpaired) electrons. The van der Waals surface area contributed by atoms with Gasteiger partial charge in [0, 0.05) is 13.1 Å². The molecular formula is C12H24N2O. The van der Waals surface area contributed by atoms with Gasteiger partial charge in [-0.3, -0.25) is 4.79 Å². The normalized spacial score (nSPS) is 21.7. The lowest BCUT2D eigenvalue weighted by atomic mass is 10.0. The van der Waals surface area contributed by atoms with Gasteiger partial charge in [-0.1, -0.05) is 20.3 Å². The number of nitrogens with zero attached hydrogens (tertiary/aromatic N) is 1. The molecule has 0 unspecified atom stereocenters. The molecule has 0 aromatic heterocycles. The van der Waals surface area contributed by atoms with E-state index in [-0.39, 0.29) is 11.9 Å². The maximum Gasteiger partial charge on any atom is 0.239 e. The summed E-state index contributed by atoms with van der Waals surface area (Å²) in [6.45, 7) is 5.28. The van der Waals surface area contributed by atoms with E-state index in [4.69, 9.17) is 0 Å². The molecule has 1 atom stereocenters. The SMILES string of the molecule is CCC(CC)N(C)C(=O)[C@H]1CCCCN1. The number of rotatable bonds is 4. The van der Waals surface area contributed by atoms with Crippen LogP contribution in [-0.4, -0.2) is 36.5 Å². The second-order valence-corrected chi connectivity index (χ2v) is 4.42. The summed E-state index contributed by atoms with van der Waals surface area (Å²) in [6, 6.07) is 0.477. The number of carbonyl (C=O) groups is 1. The zero-order chi connectivity index (χ0) is 11.3. The van der Waals surface area contributed by atoms with Crippen LogP contribution in [0.3, 0.4) is 0 Å². The number of hydrogen-bond acceptors (Lipinski definition) is 2. The minimum Gasteiger partial charge on any atom is -0.341 e. The molecule has 15 heavy (non-hydrogen) atoms. The number of likely N-dealkylation sites (N-methyl/N-ethyl adjacent to an activating group) is 1. The topological polar surface area (TPSA) is 32.3 Å². The molecule has 1 fully saturated rings. The molecule has 1 rings (SSSR count). The summed E-state index contributed by atoms with van der Waals surface area (Å²) < 4.78 is 0. The van der Waals surface area contributed by atoms with Crippen molar-refractivity contribution >= 4 is 5.91 Å². The molecule has 0 saturated carbocycles. The molecule has 1 aliphatic heterocycles. The Morgan fingerprint density at radius 2 is 2.07 bits per heavy atom. The van der Waals surface area contributed by atoms with Crippen LogP contribution in [-0.2, 0) is 4.79 Å². The molecule has 0 spiro atoms. The van der Waals surface area contributed by atoms with Crippen LogP contribution in [0.4, 0.5) is 0 Å². The first-order valence-electron chi connectivity index (χ1n) is 6.20. The highest BCUT2D eigenvalue weighted by Gasteiger charge is 2.26. The number of hydrogen-bond donors (Lipinski definition) is 1. The van der Waals surface area contributed by atoms with E-state index in [1.165, 1.54) is 12.8 Å². The lowest BCUT2D eigenvalue weighted by Gasteiger charge is -2.32. The first-order valence-corrected chi connectivity index (χ1v) is 6.20. The van der Waals surface area contributed by atoms with Crippen LogP contribution in [0.2, 0.25) is 0 Å². The van der Waals surface area contributed by atoms with Gasteiger partial charge in [-0.15, -0.1) is 0 Å². The molecular weight excluding hydrogens is 188 g/mol. The second kappa shape index (κ2) is 6.11. The fourth-order valence-corrected chi connectivity index (χ4v) is 2.32. The minimum absolute atomic E-state index is 0.0735. The third kappa shape index (κ3) is 3.20. The maximum atomic E-state index is 12.1. The van der Waals surface area contributed by atoms with Crippen LogP contribution in [0.5, 0.6) is 0 Å². The predicted octanol–water partition coefficient (Wildman–Crippen LogP) is 1.78. The molecule has 1 amide bonds. The molecule has 1 aliphatic rings. The summed E-state index contributed by atoms with van der Waals surface area (Å²) in [7, 11) is 1.94. The van der Waals surface area contributed by atoms with Crippen LogP contribution < -0.4 is 5.32 Å². The first kappa shape index (κ1) is 12.5. The summed E-state index contributed by atoms with van der Waals surface area (Å²) in [4.78, 5) is 14.1. The van der Waals surface area contributed by atoms with Crippen molar-refractivity contribution in [1.82, 2.24) is 10.2 Å². The number of carbonyl (C=O) groups excluding carboxylic acids is 1. The number of amides is 1. The zero-order valence-corrected chi connectivity index (χ0v) is 10.3. The predicted molar refractivity (Wildman–Crippen MR) is 62.8 cm³/mol. The van der Waals surface area contributed by atoms with Crippen LogP contribution in [0.1, 0.15) is 46.0 Å². The third-order valence-corrected chi connectivity index (χ3v) is 3.45. The second-order valence-electron chi connectivity index (χ2n) is 4.42. The Morgan fingerprint density at radius 3 is 2.53 bits per heavy atom. The van der Waals surface area contributed by atoms with Gasteiger partial charge in [0.2, 0.25) is 5.91 Å². The molecule has 3 heteroatoms. The van der Waals surface area contributed by atoms with Crippen LogP contribution in [0.15, 0.2) is 0 Å². The third-order valence-electron chi connectivity index (χ3n) is 3.45. The zero-order valence-electron chi connectivity index (χ0n) is 10.3. The van der Waals surface area contributed by atoms with Gasteiger partial charge in [-0.25, -0.2) is 0 Å². The molecule has 1 N–H and O–H groups in total. The van der Waals surface area contributed by atoms with Gasteiger partial charge in [-0.2, -0.15) is 0 Å². The van der Waals surface area contributed by atoms with E-state index >= 15 is 0 Å². The van der Waals surface area contributed by atoms with E-state index in [0.29, 0.717) is 6.04 Å². The monoisotopic (exact) mass is 212 g/mol. The maximum absolute atomic E-state index is 12.1. The van der Waals surface area contributed by atoms with Crippen molar-refractivity contribution in [3.8, 4) is 0 Å². The highest BCUT2D eigenvalue weighted by molar-refractivity contribution is 5.82. The number of piperidine rings is 1. The standard InChI is InChI=1S/C12H24N2O/c1-4-10(5-2)14(3)12(15)11-8-6-7-9-13-11/h10-11,13H,4-9H2,1-3H3/t11-/m1/s1. The lowest BCUT2D eigenvalue weighted by Crippen LogP contribution is -2.50. The summed E-state index contributed by atoms with van der Waals surface area (Å²) in [5.74, 6) is 0.281. The van der Waals surface area contributed by atoms with Gasteiger partial charge in [0.1, 0.15) is 0 Å².